The molecule has 0 radical (unpaired) electrons. The largest absolute Gasteiger partial charge is 0.412 e. The molecule has 1 saturated heterocycles. The molecule has 0 aromatic carbocycles. The monoisotopic (exact) mass is 496 g/mol. The minimum atomic E-state index is -0.610. The van der Waals surface area contributed by atoms with E-state index in [-0.39, 0.29) is 48.3 Å². The molecule has 0 bridgehead atoms. The first-order valence-corrected chi connectivity index (χ1v) is 12.1. The molecule has 3 N–H and O–H groups in total. The molecule has 1 fully saturated rings. The fraction of sp³-hybridized carbons (Fsp3) is 0.630. The molecule has 3 rings (SSSR count). The summed E-state index contributed by atoms with van der Waals surface area (Å²) in [5, 5.41) is 3.79. The second-order valence-corrected chi connectivity index (χ2v) is 10.8. The van der Waals surface area contributed by atoms with Crippen LogP contribution < -0.4 is 5.32 Å². The number of hydrogen-bond acceptors (Lipinski definition) is 2. The van der Waals surface area contributed by atoms with E-state index in [4.69, 9.17) is 11.6 Å². The molecule has 7 heteroatoms. The number of nitrogens with one attached hydrogen (secondary N) is 1. The molecular weight excluding hydrogens is 455 g/mol. The quantitative estimate of drug-likeness (QED) is 0.517. The highest BCUT2D eigenvalue weighted by Gasteiger charge is 2.41. The molecule has 0 saturated carbocycles. The van der Waals surface area contributed by atoms with Gasteiger partial charge in [0.1, 0.15) is 11.9 Å². The van der Waals surface area contributed by atoms with Crippen LogP contribution in [-0.2, 0) is 9.59 Å². The molecule has 3 aliphatic rings. The van der Waals surface area contributed by atoms with Crippen LogP contribution in [0.4, 0.5) is 4.39 Å². The molecule has 1 heterocycles. The SMILES string of the molecule is C.CC(C)[C@@H](NC(=O)CC1=C(F)CCC=C1)C(=O)N1CC[C@H](C2=CC=C(Cl)CC2)C(C)(C)C1.O. The molecule has 34 heavy (non-hydrogen) atoms. The van der Waals surface area contributed by atoms with Crippen LogP contribution in [-0.4, -0.2) is 41.3 Å². The van der Waals surface area contributed by atoms with Gasteiger partial charge in [0.15, 0.2) is 0 Å². The summed E-state index contributed by atoms with van der Waals surface area (Å²) in [5.74, 6) is -0.228. The molecular formula is C27H42ClFN2O3. The van der Waals surface area contributed by atoms with Crippen LogP contribution in [0.25, 0.3) is 0 Å². The first-order valence-electron chi connectivity index (χ1n) is 11.8. The normalized spacial score (nSPS) is 22.8. The lowest BCUT2D eigenvalue weighted by Crippen LogP contribution is -2.56. The van der Waals surface area contributed by atoms with Crippen molar-refractivity contribution in [3.05, 3.63) is 46.3 Å². The summed E-state index contributed by atoms with van der Waals surface area (Å²) in [6.07, 6.45) is 11.4. The lowest BCUT2D eigenvalue weighted by molar-refractivity contribution is -0.141. The van der Waals surface area contributed by atoms with E-state index in [9.17, 15) is 14.0 Å². The number of likely N-dealkylation sites (tertiary alicyclic amines) is 1. The Kier molecular flexibility index (Phi) is 11.2. The van der Waals surface area contributed by atoms with E-state index >= 15 is 0 Å². The number of hydrogen-bond donors (Lipinski definition) is 1. The summed E-state index contributed by atoms with van der Waals surface area (Å²) in [4.78, 5) is 27.9. The highest BCUT2D eigenvalue weighted by atomic mass is 35.5. The van der Waals surface area contributed by atoms with Crippen molar-refractivity contribution in [2.24, 2.45) is 17.3 Å². The first-order chi connectivity index (χ1) is 15.1. The van der Waals surface area contributed by atoms with Gasteiger partial charge in [0.25, 0.3) is 0 Å². The van der Waals surface area contributed by atoms with Gasteiger partial charge in [0.05, 0.1) is 6.42 Å². The zero-order valence-electron chi connectivity index (χ0n) is 20.2. The Hall–Kier alpha value is -1.92. The van der Waals surface area contributed by atoms with E-state index in [0.29, 0.717) is 37.4 Å². The molecule has 2 aliphatic carbocycles. The third-order valence-electron chi connectivity index (χ3n) is 6.92. The molecule has 0 aromatic rings. The Morgan fingerprint density at radius 2 is 1.94 bits per heavy atom. The topological polar surface area (TPSA) is 80.9 Å². The van der Waals surface area contributed by atoms with Crippen molar-refractivity contribution in [2.75, 3.05) is 13.1 Å². The van der Waals surface area contributed by atoms with Gasteiger partial charge in [0, 0.05) is 24.5 Å². The van der Waals surface area contributed by atoms with E-state index in [2.05, 4.69) is 25.2 Å². The molecule has 5 nitrogen and oxygen atoms in total. The second-order valence-electron chi connectivity index (χ2n) is 10.3. The van der Waals surface area contributed by atoms with Crippen molar-refractivity contribution in [2.45, 2.75) is 79.7 Å². The standard InChI is InChI=1S/C26H36ClFN2O2.CH4.H2O/c1-17(2)24(29-23(31)15-19-7-5-6-8-22(19)28)25(32)30-14-13-21(26(3,4)16-30)18-9-11-20(27)12-10-18;;/h5,7,9,11,17,21,24H,6,8,10,12-16H2,1-4H3,(H,29,31);1H4;1H2/t21-,24-;;/m1../s1. The maximum absolute atomic E-state index is 14.0. The fourth-order valence-corrected chi connectivity index (χ4v) is 5.26. The van der Waals surface area contributed by atoms with Crippen LogP contribution in [0.2, 0.25) is 0 Å². The number of halogens is 2. The van der Waals surface area contributed by atoms with Gasteiger partial charge in [-0.15, -0.1) is 0 Å². The molecule has 1 aliphatic heterocycles. The number of carbonyl (C=O) groups excluding carboxylic acids is 2. The lowest BCUT2D eigenvalue weighted by atomic mass is 9.68. The summed E-state index contributed by atoms with van der Waals surface area (Å²) >= 11 is 6.13. The van der Waals surface area contributed by atoms with Crippen molar-refractivity contribution in [3.63, 3.8) is 0 Å². The van der Waals surface area contributed by atoms with E-state index in [1.807, 2.05) is 30.9 Å². The Morgan fingerprint density at radius 3 is 2.50 bits per heavy atom. The number of nitrogens with zero attached hydrogens (tertiary/aromatic N) is 1. The summed E-state index contributed by atoms with van der Waals surface area (Å²) in [6, 6.07) is -0.610. The predicted molar refractivity (Wildman–Crippen MR) is 138 cm³/mol. The zero-order valence-corrected chi connectivity index (χ0v) is 21.0. The van der Waals surface area contributed by atoms with Crippen LogP contribution in [0.1, 0.15) is 73.6 Å². The average molecular weight is 497 g/mol. The third kappa shape index (κ3) is 7.29. The van der Waals surface area contributed by atoms with Crippen LogP contribution in [0.5, 0.6) is 0 Å². The second kappa shape index (κ2) is 12.7. The minimum absolute atomic E-state index is 0. The van der Waals surface area contributed by atoms with Gasteiger partial charge in [-0.05, 0) is 54.6 Å². The Bertz CT molecular complexity index is 873. The maximum atomic E-state index is 14.0. The van der Waals surface area contributed by atoms with Crippen molar-refractivity contribution in [1.29, 1.82) is 0 Å². The van der Waals surface area contributed by atoms with E-state index in [0.717, 1.165) is 24.3 Å². The Balaban J connectivity index is 0.00000289. The van der Waals surface area contributed by atoms with E-state index in [1.165, 1.54) is 5.57 Å². The summed E-state index contributed by atoms with van der Waals surface area (Å²) in [6.45, 7) is 9.61. The molecule has 0 aromatic heterocycles. The van der Waals surface area contributed by atoms with Gasteiger partial charge in [-0.25, -0.2) is 4.39 Å². The highest BCUT2D eigenvalue weighted by molar-refractivity contribution is 6.29. The Morgan fingerprint density at radius 1 is 1.24 bits per heavy atom. The van der Waals surface area contributed by atoms with Crippen LogP contribution in [0.3, 0.4) is 0 Å². The van der Waals surface area contributed by atoms with Gasteiger partial charge < -0.3 is 15.7 Å². The van der Waals surface area contributed by atoms with Gasteiger partial charge in [-0.3, -0.25) is 9.59 Å². The fourth-order valence-electron chi connectivity index (χ4n) is 5.10. The zero-order chi connectivity index (χ0) is 23.5. The van der Waals surface area contributed by atoms with Crippen LogP contribution in [0.15, 0.2) is 46.3 Å². The summed E-state index contributed by atoms with van der Waals surface area (Å²) in [7, 11) is 0. The van der Waals surface area contributed by atoms with Crippen molar-refractivity contribution < 1.29 is 19.5 Å². The predicted octanol–water partition coefficient (Wildman–Crippen LogP) is 5.62. The number of carbonyl (C=O) groups is 2. The van der Waals surface area contributed by atoms with Crippen molar-refractivity contribution in [3.8, 4) is 0 Å². The number of rotatable bonds is 6. The smallest absolute Gasteiger partial charge is 0.245 e. The Labute approximate surface area is 209 Å². The van der Waals surface area contributed by atoms with Crippen LogP contribution >= 0.6 is 11.6 Å². The number of piperidine rings is 1. The molecule has 0 unspecified atom stereocenters. The van der Waals surface area contributed by atoms with E-state index in [1.54, 1.807) is 6.08 Å². The number of amides is 2. The summed E-state index contributed by atoms with van der Waals surface area (Å²) < 4.78 is 14.0. The molecule has 2 atom stereocenters. The molecule has 192 valence electrons. The maximum Gasteiger partial charge on any atom is 0.245 e. The van der Waals surface area contributed by atoms with Crippen LogP contribution in [0, 0.1) is 17.3 Å². The first kappa shape index (κ1) is 30.1. The average Bonchev–Trinajstić information content (AvgIpc) is 2.73. The van der Waals surface area contributed by atoms with E-state index < -0.39 is 6.04 Å². The lowest BCUT2D eigenvalue weighted by Gasteiger charge is -2.46. The van der Waals surface area contributed by atoms with Gasteiger partial charge in [0.2, 0.25) is 11.8 Å². The summed E-state index contributed by atoms with van der Waals surface area (Å²) in [5.41, 5.74) is 1.76. The highest BCUT2D eigenvalue weighted by Crippen LogP contribution is 2.43. The van der Waals surface area contributed by atoms with Gasteiger partial charge in [-0.2, -0.15) is 0 Å². The van der Waals surface area contributed by atoms with Crippen molar-refractivity contribution >= 4 is 23.4 Å². The van der Waals surface area contributed by atoms with Gasteiger partial charge in [-0.1, -0.05) is 70.5 Å². The molecule has 0 spiro atoms. The third-order valence-corrected chi connectivity index (χ3v) is 7.23. The molecule has 2 amide bonds. The van der Waals surface area contributed by atoms with Gasteiger partial charge >= 0.3 is 0 Å². The minimum Gasteiger partial charge on any atom is -0.412 e. The number of allylic oxidation sites excluding steroid dienone is 7. The van der Waals surface area contributed by atoms with Crippen molar-refractivity contribution in [1.82, 2.24) is 10.2 Å².